The first-order valence-electron chi connectivity index (χ1n) is 21.9. The lowest BCUT2D eigenvalue weighted by molar-refractivity contribution is -0.291. The SMILES string of the molecule is CC(=O)N1C(=O)c2ccccc2C(=O)[C@@H]2[C@H](OO[Si](C(C)C)(C(C)C)[SiH](C(C)C)C(C)C)[C@@H](COO[Si](C(C)C)(C(C)C)[SiH](C(C)C)C(C)C)O[C@H]2n2ccc1nc2=O. The standard InChI is InChI=1S/C43H73N3O9Si4/c1-25(2)56(26(3)4)58(29(9)10,30(11)12)54-51-24-36-40(53-55-59(31(13)14,32(15)16)57(27(5)6)28(7)8)38-39(48)34-20-18-19-21-35(34)41(49)46(33(17)47)37-22-23-45(42(38)52-36)43(50)44-37/h18-23,25-32,36,38,40,42,56-57H,24H2,1-17H3/t36-,38-,40-,42-/m1/s1. The monoisotopic (exact) mass is 887 g/mol. The number of ketones is 1. The smallest absolute Gasteiger partial charge is 0.348 e. The average Bonchev–Trinajstić information content (AvgIpc) is 3.47. The molecule has 5 rings (SSSR count). The van der Waals surface area contributed by atoms with Gasteiger partial charge >= 0.3 is 5.69 Å². The first kappa shape index (κ1) is 49.2. The molecule has 2 aromatic rings. The third-order valence-electron chi connectivity index (χ3n) is 13.2. The molecule has 1 saturated heterocycles. The van der Waals surface area contributed by atoms with Gasteiger partial charge in [-0.1, -0.05) is 151 Å². The van der Waals surface area contributed by atoms with Crippen molar-refractivity contribution in [2.45, 2.75) is 180 Å². The molecule has 0 radical (unpaired) electrons. The Morgan fingerprint density at radius 1 is 0.729 bits per heavy atom. The number of carbonyl (C=O) groups excluding carboxylic acids is 3. The number of aromatic nitrogens is 2. The van der Waals surface area contributed by atoms with Gasteiger partial charge in [0, 0.05) is 18.7 Å². The summed E-state index contributed by atoms with van der Waals surface area (Å²) in [4.78, 5) is 74.8. The van der Waals surface area contributed by atoms with Gasteiger partial charge in [-0.25, -0.2) is 19.5 Å². The summed E-state index contributed by atoms with van der Waals surface area (Å²) < 4.78 is 22.1. The minimum Gasteiger partial charge on any atom is -0.348 e. The summed E-state index contributed by atoms with van der Waals surface area (Å²) in [6.45, 7) is 37.4. The average molecular weight is 888 g/mol. The highest BCUT2D eigenvalue weighted by atomic mass is 29.2. The van der Waals surface area contributed by atoms with E-state index in [1.807, 2.05) is 0 Å². The molecule has 0 saturated carbocycles. The molecule has 1 fully saturated rings. The van der Waals surface area contributed by atoms with Gasteiger partial charge in [-0.2, -0.15) is 4.98 Å². The number of benzene rings is 1. The van der Waals surface area contributed by atoms with Crippen LogP contribution in [0.1, 0.15) is 145 Å². The zero-order chi connectivity index (χ0) is 44.5. The van der Waals surface area contributed by atoms with E-state index < -0.39 is 79.9 Å². The maximum Gasteiger partial charge on any atom is 0.351 e. The third kappa shape index (κ3) is 9.36. The van der Waals surface area contributed by atoms with Crippen molar-refractivity contribution in [3.05, 3.63) is 58.1 Å². The maximum absolute atomic E-state index is 15.3. The molecule has 330 valence electrons. The Kier molecular flexibility index (Phi) is 16.5. The predicted octanol–water partition coefficient (Wildman–Crippen LogP) is 9.19. The van der Waals surface area contributed by atoms with E-state index in [0.29, 0.717) is 22.2 Å². The van der Waals surface area contributed by atoms with Crippen molar-refractivity contribution in [3.8, 4) is 0 Å². The number of carbonyl (C=O) groups is 3. The Bertz CT molecular complexity index is 1820. The molecule has 1 aromatic carbocycles. The number of rotatable bonds is 17. The molecule has 0 unspecified atom stereocenters. The molecule has 2 bridgehead atoms. The van der Waals surface area contributed by atoms with E-state index >= 15 is 4.79 Å². The van der Waals surface area contributed by atoms with Crippen LogP contribution in [0.25, 0.3) is 0 Å². The number of Topliss-reactive ketones (excluding diaryl/α,β-unsaturated/α-hetero) is 1. The number of hydrogen-bond donors (Lipinski definition) is 0. The van der Waals surface area contributed by atoms with Gasteiger partial charge in [-0.3, -0.25) is 28.1 Å². The first-order chi connectivity index (χ1) is 27.5. The number of hydrogen-bond acceptors (Lipinski definition) is 10. The van der Waals surface area contributed by atoms with E-state index in [1.54, 1.807) is 18.2 Å². The fourth-order valence-electron chi connectivity index (χ4n) is 11.2. The summed E-state index contributed by atoms with van der Waals surface area (Å²) in [6.07, 6.45) is -1.79. The summed E-state index contributed by atoms with van der Waals surface area (Å²) >= 11 is 0. The molecule has 4 atom stereocenters. The highest BCUT2D eigenvalue weighted by molar-refractivity contribution is 7.32. The highest BCUT2D eigenvalue weighted by Crippen LogP contribution is 2.47. The first-order valence-corrected chi connectivity index (χ1v) is 32.3. The van der Waals surface area contributed by atoms with Crippen molar-refractivity contribution >= 4 is 55.7 Å². The molecule has 0 aliphatic carbocycles. The van der Waals surface area contributed by atoms with Crippen LogP contribution in [0.3, 0.4) is 0 Å². The Morgan fingerprint density at radius 3 is 1.64 bits per heavy atom. The fourth-order valence-corrected chi connectivity index (χ4v) is 48.5. The molecule has 0 spiro atoms. The minimum absolute atomic E-state index is 0.00115. The summed E-state index contributed by atoms with van der Waals surface area (Å²) in [6, 6.07) is 7.81. The van der Waals surface area contributed by atoms with E-state index in [9.17, 15) is 14.4 Å². The van der Waals surface area contributed by atoms with E-state index in [2.05, 4.69) is 116 Å². The quantitative estimate of drug-likeness (QED) is 0.0860. The van der Waals surface area contributed by atoms with Crippen LogP contribution < -0.4 is 10.6 Å². The Balaban J connectivity index is 1.95. The summed E-state index contributed by atoms with van der Waals surface area (Å²) in [5.41, 5.74) is 2.04. The van der Waals surface area contributed by atoms with Gasteiger partial charge in [0.2, 0.25) is 21.6 Å². The van der Waals surface area contributed by atoms with Crippen LogP contribution in [0.2, 0.25) is 44.3 Å². The van der Waals surface area contributed by atoms with Crippen molar-refractivity contribution in [1.82, 2.24) is 9.55 Å². The highest BCUT2D eigenvalue weighted by Gasteiger charge is 2.58. The normalized spacial score (nSPS) is 20.6. The van der Waals surface area contributed by atoms with Crippen LogP contribution >= 0.6 is 0 Å². The van der Waals surface area contributed by atoms with Crippen LogP contribution in [0, 0.1) is 5.92 Å². The largest absolute Gasteiger partial charge is 0.351 e. The summed E-state index contributed by atoms with van der Waals surface area (Å²) in [5.74, 6) is -3.23. The summed E-state index contributed by atoms with van der Waals surface area (Å²) in [5, 5.41) is 0. The van der Waals surface area contributed by atoms with Crippen LogP contribution in [-0.4, -0.2) is 78.3 Å². The topological polar surface area (TPSA) is 135 Å². The van der Waals surface area contributed by atoms with E-state index in [0.717, 1.165) is 4.90 Å². The van der Waals surface area contributed by atoms with Crippen LogP contribution in [0.4, 0.5) is 5.82 Å². The van der Waals surface area contributed by atoms with Gasteiger partial charge < -0.3 is 4.74 Å². The van der Waals surface area contributed by atoms with Crippen molar-refractivity contribution in [1.29, 1.82) is 0 Å². The van der Waals surface area contributed by atoms with Gasteiger partial charge in [-0.05, 0) is 34.3 Å². The number of ether oxygens (including phenoxy) is 1. The van der Waals surface area contributed by atoms with Crippen LogP contribution in [0.5, 0.6) is 0 Å². The van der Waals surface area contributed by atoms with Crippen molar-refractivity contribution < 1.29 is 38.0 Å². The van der Waals surface area contributed by atoms with E-state index in [-0.39, 0.29) is 45.7 Å². The Hall–Kier alpha value is -2.42. The predicted molar refractivity (Wildman–Crippen MR) is 244 cm³/mol. The third-order valence-corrected chi connectivity index (χ3v) is 51.8. The lowest BCUT2D eigenvalue weighted by Crippen LogP contribution is -2.62. The number of imide groups is 1. The lowest BCUT2D eigenvalue weighted by Gasteiger charge is -2.47. The molecule has 16 heteroatoms. The van der Waals surface area contributed by atoms with Crippen molar-refractivity contribution in [2.24, 2.45) is 5.92 Å². The van der Waals surface area contributed by atoms with Gasteiger partial charge in [0.05, 0.1) is 28.1 Å². The number of amides is 2. The molecule has 0 N–H and O–H groups in total. The second-order valence-corrected chi connectivity index (χ2v) is 44.7. The molecular weight excluding hydrogens is 815 g/mol. The number of nitrogens with zero attached hydrogens (tertiary/aromatic N) is 3. The second kappa shape index (κ2) is 19.7. The van der Waals surface area contributed by atoms with E-state index in [1.165, 1.54) is 29.8 Å². The molecule has 3 aliphatic rings. The van der Waals surface area contributed by atoms with Crippen molar-refractivity contribution in [3.63, 3.8) is 0 Å². The van der Waals surface area contributed by atoms with Crippen molar-refractivity contribution in [2.75, 3.05) is 11.5 Å². The maximum atomic E-state index is 15.3. The molecule has 1 aromatic heterocycles. The van der Waals surface area contributed by atoms with Crippen LogP contribution in [-0.2, 0) is 28.5 Å². The second-order valence-electron chi connectivity index (χ2n) is 19.5. The number of fused-ring (bicyclic) bond motifs is 3. The molecule has 4 heterocycles. The molecule has 59 heavy (non-hydrogen) atoms. The van der Waals surface area contributed by atoms with Gasteiger partial charge in [-0.15, -0.1) is 0 Å². The Labute approximate surface area is 358 Å². The molecule has 3 aliphatic heterocycles. The van der Waals surface area contributed by atoms with Gasteiger partial charge in [0.15, 0.2) is 12.0 Å². The Morgan fingerprint density at radius 2 is 1.20 bits per heavy atom. The molecule has 2 amide bonds. The van der Waals surface area contributed by atoms with Crippen LogP contribution in [0.15, 0.2) is 41.3 Å². The minimum atomic E-state index is -2.72. The van der Waals surface area contributed by atoms with Gasteiger partial charge in [0.25, 0.3) is 5.91 Å². The van der Waals surface area contributed by atoms with Gasteiger partial charge in [0.1, 0.15) is 24.6 Å². The zero-order valence-corrected chi connectivity index (χ0v) is 43.1. The molecular formula is C43H73N3O9Si4. The summed E-state index contributed by atoms with van der Waals surface area (Å²) in [7, 11) is -8.47. The fraction of sp³-hybridized carbons (Fsp3) is 0.698. The van der Waals surface area contributed by atoms with E-state index in [4.69, 9.17) is 23.7 Å². The number of anilines is 1. The zero-order valence-electron chi connectivity index (χ0n) is 38.8. The lowest BCUT2D eigenvalue weighted by atomic mass is 9.88. The molecule has 12 nitrogen and oxygen atoms in total.